The number of likely N-dealkylation sites (tertiary alicyclic amines) is 1. The first-order valence-corrected chi connectivity index (χ1v) is 7.76. The molecule has 106 valence electrons. The van der Waals surface area contributed by atoms with E-state index in [1.165, 1.54) is 16.7 Å². The summed E-state index contributed by atoms with van der Waals surface area (Å²) in [5.41, 5.74) is 0. The maximum absolute atomic E-state index is 12.2. The summed E-state index contributed by atoms with van der Waals surface area (Å²) in [4.78, 5) is 36.3. The van der Waals surface area contributed by atoms with Gasteiger partial charge >= 0.3 is 5.97 Å². The fourth-order valence-corrected chi connectivity index (χ4v) is 3.81. The Bertz CT molecular complexity index is 392. The third-order valence-corrected chi connectivity index (χ3v) is 5.26. The zero-order valence-electron chi connectivity index (χ0n) is 11.0. The second-order valence-corrected chi connectivity index (χ2v) is 6.54. The van der Waals surface area contributed by atoms with Gasteiger partial charge < -0.3 is 5.11 Å². The Labute approximate surface area is 116 Å². The Morgan fingerprint density at radius 3 is 2.63 bits per heavy atom. The molecule has 2 rings (SSSR count). The van der Waals surface area contributed by atoms with Crippen molar-refractivity contribution in [3.63, 3.8) is 0 Å². The molecule has 1 heterocycles. The summed E-state index contributed by atoms with van der Waals surface area (Å²) in [6.07, 6.45) is 4.22. The molecule has 0 aromatic heterocycles. The molecule has 2 fully saturated rings. The summed E-state index contributed by atoms with van der Waals surface area (Å²) in [7, 11) is 0. The van der Waals surface area contributed by atoms with Gasteiger partial charge in [0.1, 0.15) is 0 Å². The second kappa shape index (κ2) is 5.94. The molecule has 0 aromatic rings. The van der Waals surface area contributed by atoms with Gasteiger partial charge in [0, 0.05) is 18.2 Å². The number of imide groups is 1. The van der Waals surface area contributed by atoms with Gasteiger partial charge in [-0.25, -0.2) is 0 Å². The van der Waals surface area contributed by atoms with Crippen LogP contribution in [-0.2, 0) is 14.4 Å². The highest BCUT2D eigenvalue weighted by Gasteiger charge is 2.43. The molecule has 0 spiro atoms. The van der Waals surface area contributed by atoms with Crippen LogP contribution in [0.4, 0.5) is 0 Å². The molecule has 1 saturated carbocycles. The second-order valence-electron chi connectivity index (χ2n) is 5.31. The van der Waals surface area contributed by atoms with Crippen LogP contribution in [0.25, 0.3) is 0 Å². The minimum Gasteiger partial charge on any atom is -0.481 e. The summed E-state index contributed by atoms with van der Waals surface area (Å²) in [6.45, 7) is 1.62. The van der Waals surface area contributed by atoms with Gasteiger partial charge in [-0.3, -0.25) is 19.3 Å². The molecule has 2 aliphatic rings. The van der Waals surface area contributed by atoms with Crippen LogP contribution in [0.15, 0.2) is 0 Å². The first-order chi connectivity index (χ1) is 9.00. The lowest BCUT2D eigenvalue weighted by Gasteiger charge is -2.22. The minimum atomic E-state index is -0.864. The van der Waals surface area contributed by atoms with Gasteiger partial charge in [0.05, 0.1) is 11.2 Å². The molecule has 6 heteroatoms. The molecule has 1 saturated heterocycles. The molecule has 1 aliphatic heterocycles. The predicted molar refractivity (Wildman–Crippen MR) is 71.8 cm³/mol. The van der Waals surface area contributed by atoms with E-state index in [0.717, 1.165) is 25.7 Å². The van der Waals surface area contributed by atoms with Crippen molar-refractivity contribution in [3.8, 4) is 0 Å². The summed E-state index contributed by atoms with van der Waals surface area (Å²) in [5.74, 6) is -1.18. The van der Waals surface area contributed by atoms with Gasteiger partial charge in [-0.15, -0.1) is 11.8 Å². The van der Waals surface area contributed by atoms with Crippen LogP contribution in [0.3, 0.4) is 0 Å². The molecular weight excluding hydrogens is 266 g/mol. The lowest BCUT2D eigenvalue weighted by molar-refractivity contribution is -0.142. The first kappa shape index (κ1) is 14.4. The van der Waals surface area contributed by atoms with E-state index in [1.807, 2.05) is 0 Å². The number of rotatable bonds is 5. The van der Waals surface area contributed by atoms with Crippen LogP contribution in [0.2, 0.25) is 0 Å². The van der Waals surface area contributed by atoms with Gasteiger partial charge in [-0.1, -0.05) is 19.8 Å². The molecule has 2 unspecified atom stereocenters. The van der Waals surface area contributed by atoms with Crippen LogP contribution in [0.5, 0.6) is 0 Å². The van der Waals surface area contributed by atoms with E-state index in [1.54, 1.807) is 6.92 Å². The highest BCUT2D eigenvalue weighted by molar-refractivity contribution is 8.00. The van der Waals surface area contributed by atoms with Crippen LogP contribution < -0.4 is 0 Å². The number of hydrogen-bond acceptors (Lipinski definition) is 4. The van der Waals surface area contributed by atoms with E-state index in [9.17, 15) is 14.4 Å². The minimum absolute atomic E-state index is 0.0856. The Morgan fingerprint density at radius 2 is 2.05 bits per heavy atom. The lowest BCUT2D eigenvalue weighted by atomic mass is 10.2. The molecule has 2 amide bonds. The summed E-state index contributed by atoms with van der Waals surface area (Å²) in [6, 6.07) is 0.0856. The third kappa shape index (κ3) is 3.11. The standard InChI is InChI=1S/C13H19NO4S/c1-8(13(17)18)7-19-10-6-11(15)14(12(10)16)9-4-2-3-5-9/h8-10H,2-7H2,1H3,(H,17,18). The number of nitrogens with zero attached hydrogens (tertiary/aromatic N) is 1. The average molecular weight is 285 g/mol. The van der Waals surface area contributed by atoms with E-state index in [4.69, 9.17) is 5.11 Å². The molecule has 0 aromatic carbocycles. The molecule has 5 nitrogen and oxygen atoms in total. The largest absolute Gasteiger partial charge is 0.481 e. The summed E-state index contributed by atoms with van der Waals surface area (Å²) >= 11 is 1.30. The monoisotopic (exact) mass is 285 g/mol. The lowest BCUT2D eigenvalue weighted by Crippen LogP contribution is -2.39. The quantitative estimate of drug-likeness (QED) is 0.775. The smallest absolute Gasteiger partial charge is 0.307 e. The zero-order chi connectivity index (χ0) is 14.0. The molecule has 0 bridgehead atoms. The normalized spacial score (nSPS) is 26.2. The van der Waals surface area contributed by atoms with Crippen molar-refractivity contribution < 1.29 is 19.5 Å². The van der Waals surface area contributed by atoms with E-state index >= 15 is 0 Å². The summed E-state index contributed by atoms with van der Waals surface area (Å²) < 4.78 is 0. The maximum atomic E-state index is 12.2. The Kier molecular flexibility index (Phi) is 4.50. The number of hydrogen-bond donors (Lipinski definition) is 1. The van der Waals surface area contributed by atoms with Crippen molar-refractivity contribution in [1.82, 2.24) is 4.90 Å². The number of aliphatic carboxylic acids is 1. The van der Waals surface area contributed by atoms with Crippen molar-refractivity contribution in [2.45, 2.75) is 50.3 Å². The molecule has 2 atom stereocenters. The average Bonchev–Trinajstić information content (AvgIpc) is 2.95. The van der Waals surface area contributed by atoms with Gasteiger partial charge in [-0.05, 0) is 12.8 Å². The van der Waals surface area contributed by atoms with E-state index < -0.39 is 11.9 Å². The van der Waals surface area contributed by atoms with Gasteiger partial charge in [0.15, 0.2) is 0 Å². The summed E-state index contributed by atoms with van der Waals surface area (Å²) in [5, 5.41) is 8.44. The highest BCUT2D eigenvalue weighted by atomic mass is 32.2. The van der Waals surface area contributed by atoms with Crippen molar-refractivity contribution in [2.24, 2.45) is 5.92 Å². The zero-order valence-corrected chi connectivity index (χ0v) is 11.8. The number of carboxylic acid groups (broad SMARTS) is 1. The molecule has 0 radical (unpaired) electrons. The van der Waals surface area contributed by atoms with Crippen molar-refractivity contribution in [3.05, 3.63) is 0 Å². The van der Waals surface area contributed by atoms with Crippen molar-refractivity contribution in [2.75, 3.05) is 5.75 Å². The van der Waals surface area contributed by atoms with Crippen molar-refractivity contribution >= 4 is 29.5 Å². The van der Waals surface area contributed by atoms with E-state index in [2.05, 4.69) is 0 Å². The fourth-order valence-electron chi connectivity index (χ4n) is 2.63. The third-order valence-electron chi connectivity index (χ3n) is 3.80. The fraction of sp³-hybridized carbons (Fsp3) is 0.769. The van der Waals surface area contributed by atoms with Gasteiger partial charge in [0.2, 0.25) is 11.8 Å². The maximum Gasteiger partial charge on any atom is 0.307 e. The Morgan fingerprint density at radius 1 is 1.42 bits per heavy atom. The topological polar surface area (TPSA) is 74.7 Å². The van der Waals surface area contributed by atoms with Crippen LogP contribution in [0, 0.1) is 5.92 Å². The Hall–Kier alpha value is -1.04. The number of carbonyl (C=O) groups is 3. The molecule has 1 aliphatic carbocycles. The van der Waals surface area contributed by atoms with Crippen LogP contribution in [-0.4, -0.2) is 44.8 Å². The van der Waals surface area contributed by atoms with Crippen LogP contribution >= 0.6 is 11.8 Å². The predicted octanol–water partition coefficient (Wildman–Crippen LogP) is 1.51. The van der Waals surface area contributed by atoms with Crippen molar-refractivity contribution in [1.29, 1.82) is 0 Å². The van der Waals surface area contributed by atoms with Gasteiger partial charge in [0.25, 0.3) is 0 Å². The van der Waals surface area contributed by atoms with Crippen LogP contribution in [0.1, 0.15) is 39.0 Å². The molecule has 19 heavy (non-hydrogen) atoms. The number of carboxylic acids is 1. The van der Waals surface area contributed by atoms with E-state index in [0.29, 0.717) is 5.75 Å². The molecule has 1 N–H and O–H groups in total. The first-order valence-electron chi connectivity index (χ1n) is 6.71. The van der Waals surface area contributed by atoms with E-state index in [-0.39, 0.29) is 29.5 Å². The number of thioether (sulfide) groups is 1. The Balaban J connectivity index is 1.92. The molecular formula is C13H19NO4S. The number of amides is 2. The number of carbonyl (C=O) groups excluding carboxylic acids is 2. The SMILES string of the molecule is CC(CSC1CC(=O)N(C2CCCC2)C1=O)C(=O)O. The van der Waals surface area contributed by atoms with Gasteiger partial charge in [-0.2, -0.15) is 0 Å². The highest BCUT2D eigenvalue weighted by Crippen LogP contribution is 2.33.